The molecular formula is C12H13F3N2O2. The summed E-state index contributed by atoms with van der Waals surface area (Å²) < 4.78 is 37.8. The van der Waals surface area contributed by atoms with Gasteiger partial charge in [-0.2, -0.15) is 13.2 Å². The van der Waals surface area contributed by atoms with Crippen LogP contribution in [0.4, 0.5) is 19.0 Å². The standard InChI is InChI=1S/C12H13F3N2O2/c1-11(10(18)19)3-5-17(7-11)9-6-8(2-4-16-9)12(13,14)15/h2,4,6H,3,5,7H2,1H3,(H,18,19). The zero-order chi connectivity index (χ0) is 14.3. The lowest BCUT2D eigenvalue weighted by molar-refractivity contribution is -0.146. The molecule has 0 aliphatic carbocycles. The van der Waals surface area contributed by atoms with Crippen LogP contribution in [0, 0.1) is 5.41 Å². The van der Waals surface area contributed by atoms with Crippen molar-refractivity contribution in [2.24, 2.45) is 5.41 Å². The quantitative estimate of drug-likeness (QED) is 0.899. The minimum absolute atomic E-state index is 0.163. The molecule has 2 heterocycles. The fourth-order valence-electron chi connectivity index (χ4n) is 2.10. The van der Waals surface area contributed by atoms with Crippen molar-refractivity contribution in [3.8, 4) is 0 Å². The molecular weight excluding hydrogens is 261 g/mol. The van der Waals surface area contributed by atoms with E-state index in [2.05, 4.69) is 4.98 Å². The van der Waals surface area contributed by atoms with Gasteiger partial charge in [0, 0.05) is 19.3 Å². The minimum Gasteiger partial charge on any atom is -0.481 e. The number of carbonyl (C=O) groups is 1. The lowest BCUT2D eigenvalue weighted by Crippen LogP contribution is -2.32. The Labute approximate surface area is 107 Å². The second-order valence-electron chi connectivity index (χ2n) is 4.94. The number of anilines is 1. The van der Waals surface area contributed by atoms with Crippen LogP contribution in [0.2, 0.25) is 0 Å². The van der Waals surface area contributed by atoms with Crippen molar-refractivity contribution < 1.29 is 23.1 Å². The molecule has 1 saturated heterocycles. The second kappa shape index (κ2) is 4.40. The van der Waals surface area contributed by atoms with Gasteiger partial charge in [0.15, 0.2) is 0 Å². The molecule has 0 aromatic carbocycles. The molecule has 1 aromatic rings. The molecule has 7 heteroatoms. The molecule has 2 rings (SSSR count). The second-order valence-corrected chi connectivity index (χ2v) is 4.94. The first-order chi connectivity index (χ1) is 8.72. The largest absolute Gasteiger partial charge is 0.481 e. The van der Waals surface area contributed by atoms with Crippen molar-refractivity contribution in [3.05, 3.63) is 23.9 Å². The van der Waals surface area contributed by atoms with Gasteiger partial charge in [-0.3, -0.25) is 4.79 Å². The molecule has 0 amide bonds. The van der Waals surface area contributed by atoms with Crippen LogP contribution in [0.15, 0.2) is 18.3 Å². The van der Waals surface area contributed by atoms with Crippen LogP contribution in [-0.4, -0.2) is 29.1 Å². The highest BCUT2D eigenvalue weighted by molar-refractivity contribution is 5.76. The summed E-state index contributed by atoms with van der Waals surface area (Å²) in [4.78, 5) is 16.6. The van der Waals surface area contributed by atoms with E-state index in [4.69, 9.17) is 5.11 Å². The third-order valence-corrected chi connectivity index (χ3v) is 3.39. The summed E-state index contributed by atoms with van der Waals surface area (Å²) in [5.74, 6) is -0.776. The third kappa shape index (κ3) is 2.64. The van der Waals surface area contributed by atoms with Crippen LogP contribution in [0.1, 0.15) is 18.9 Å². The number of pyridine rings is 1. The van der Waals surface area contributed by atoms with E-state index >= 15 is 0 Å². The molecule has 0 bridgehead atoms. The summed E-state index contributed by atoms with van der Waals surface area (Å²) in [6.45, 7) is 2.14. The SMILES string of the molecule is CC1(C(=O)O)CCN(c2cc(C(F)(F)F)ccn2)C1. The Morgan fingerprint density at radius 2 is 2.21 bits per heavy atom. The molecule has 1 aromatic heterocycles. The Balaban J connectivity index is 2.23. The summed E-state index contributed by atoms with van der Waals surface area (Å²) in [6, 6.07) is 1.85. The van der Waals surface area contributed by atoms with E-state index in [1.54, 1.807) is 11.8 Å². The Bertz CT molecular complexity index is 504. The van der Waals surface area contributed by atoms with Crippen LogP contribution >= 0.6 is 0 Å². The normalized spacial score (nSPS) is 23.7. The van der Waals surface area contributed by atoms with Gasteiger partial charge in [0.25, 0.3) is 0 Å². The first-order valence-electron chi connectivity index (χ1n) is 5.74. The number of carboxylic acid groups (broad SMARTS) is 1. The van der Waals surface area contributed by atoms with Crippen LogP contribution in [-0.2, 0) is 11.0 Å². The summed E-state index contributed by atoms with van der Waals surface area (Å²) in [5.41, 5.74) is -1.71. The predicted molar refractivity (Wildman–Crippen MR) is 61.8 cm³/mol. The lowest BCUT2D eigenvalue weighted by atomic mass is 9.90. The zero-order valence-corrected chi connectivity index (χ0v) is 10.2. The Morgan fingerprint density at radius 3 is 2.74 bits per heavy atom. The third-order valence-electron chi connectivity index (χ3n) is 3.39. The predicted octanol–water partition coefficient (Wildman–Crippen LogP) is 2.40. The van der Waals surface area contributed by atoms with E-state index < -0.39 is 23.1 Å². The number of alkyl halides is 3. The van der Waals surface area contributed by atoms with Crippen molar-refractivity contribution in [2.75, 3.05) is 18.0 Å². The maximum atomic E-state index is 12.6. The van der Waals surface area contributed by atoms with E-state index in [0.29, 0.717) is 13.0 Å². The maximum absolute atomic E-state index is 12.6. The summed E-state index contributed by atoms with van der Waals surface area (Å²) in [7, 11) is 0. The van der Waals surface area contributed by atoms with Gasteiger partial charge < -0.3 is 10.0 Å². The Kier molecular flexibility index (Phi) is 3.15. The Morgan fingerprint density at radius 1 is 1.53 bits per heavy atom. The minimum atomic E-state index is -4.42. The lowest BCUT2D eigenvalue weighted by Gasteiger charge is -2.21. The number of rotatable bonds is 2. The number of halogens is 3. The fourth-order valence-corrected chi connectivity index (χ4v) is 2.10. The molecule has 0 spiro atoms. The molecule has 1 aliphatic heterocycles. The zero-order valence-electron chi connectivity index (χ0n) is 10.2. The molecule has 0 radical (unpaired) electrons. The summed E-state index contributed by atoms with van der Waals surface area (Å²) >= 11 is 0. The number of nitrogens with zero attached hydrogens (tertiary/aromatic N) is 2. The molecule has 1 fully saturated rings. The van der Waals surface area contributed by atoms with Crippen molar-refractivity contribution >= 4 is 11.8 Å². The molecule has 1 aliphatic rings. The van der Waals surface area contributed by atoms with Crippen LogP contribution in [0.5, 0.6) is 0 Å². The average Bonchev–Trinajstić information content (AvgIpc) is 2.73. The molecule has 1 N–H and O–H groups in total. The first kappa shape index (κ1) is 13.6. The van der Waals surface area contributed by atoms with E-state index in [9.17, 15) is 18.0 Å². The number of aromatic nitrogens is 1. The molecule has 4 nitrogen and oxygen atoms in total. The average molecular weight is 274 g/mol. The monoisotopic (exact) mass is 274 g/mol. The van der Waals surface area contributed by atoms with Gasteiger partial charge in [0.1, 0.15) is 5.82 Å². The highest BCUT2D eigenvalue weighted by atomic mass is 19.4. The van der Waals surface area contributed by atoms with Gasteiger partial charge in [-0.05, 0) is 25.5 Å². The summed E-state index contributed by atoms with van der Waals surface area (Å²) in [5, 5.41) is 9.09. The van der Waals surface area contributed by atoms with E-state index in [0.717, 1.165) is 18.3 Å². The number of aliphatic carboxylic acids is 1. The molecule has 104 valence electrons. The van der Waals surface area contributed by atoms with E-state index in [-0.39, 0.29) is 12.4 Å². The smallest absolute Gasteiger partial charge is 0.416 e. The molecule has 19 heavy (non-hydrogen) atoms. The fraction of sp³-hybridized carbons (Fsp3) is 0.500. The number of hydrogen-bond donors (Lipinski definition) is 1. The Hall–Kier alpha value is -1.79. The summed E-state index contributed by atoms with van der Waals surface area (Å²) in [6.07, 6.45) is -2.94. The van der Waals surface area contributed by atoms with Crippen LogP contribution in [0.3, 0.4) is 0 Å². The van der Waals surface area contributed by atoms with Crippen molar-refractivity contribution in [1.82, 2.24) is 4.98 Å². The van der Waals surface area contributed by atoms with Crippen molar-refractivity contribution in [3.63, 3.8) is 0 Å². The molecule has 0 saturated carbocycles. The van der Waals surface area contributed by atoms with E-state index in [1.165, 1.54) is 0 Å². The molecule has 1 atom stereocenters. The van der Waals surface area contributed by atoms with Gasteiger partial charge in [0.05, 0.1) is 11.0 Å². The van der Waals surface area contributed by atoms with Crippen LogP contribution in [0.25, 0.3) is 0 Å². The molecule has 1 unspecified atom stereocenters. The maximum Gasteiger partial charge on any atom is 0.416 e. The van der Waals surface area contributed by atoms with Gasteiger partial charge >= 0.3 is 12.1 Å². The van der Waals surface area contributed by atoms with Crippen LogP contribution < -0.4 is 4.90 Å². The van der Waals surface area contributed by atoms with Gasteiger partial charge in [-0.25, -0.2) is 4.98 Å². The van der Waals surface area contributed by atoms with E-state index in [1.807, 2.05) is 0 Å². The van der Waals surface area contributed by atoms with Crippen molar-refractivity contribution in [2.45, 2.75) is 19.5 Å². The highest BCUT2D eigenvalue weighted by Gasteiger charge is 2.41. The number of hydrogen-bond acceptors (Lipinski definition) is 3. The van der Waals surface area contributed by atoms with Gasteiger partial charge in [0.2, 0.25) is 0 Å². The topological polar surface area (TPSA) is 53.4 Å². The first-order valence-corrected chi connectivity index (χ1v) is 5.74. The number of carboxylic acids is 1. The van der Waals surface area contributed by atoms with Gasteiger partial charge in [-0.15, -0.1) is 0 Å². The van der Waals surface area contributed by atoms with Crippen molar-refractivity contribution in [1.29, 1.82) is 0 Å². The van der Waals surface area contributed by atoms with Gasteiger partial charge in [-0.1, -0.05) is 0 Å². The highest BCUT2D eigenvalue weighted by Crippen LogP contribution is 2.35.